The van der Waals surface area contributed by atoms with Crippen molar-refractivity contribution in [3.63, 3.8) is 0 Å². The van der Waals surface area contributed by atoms with E-state index in [0.29, 0.717) is 6.54 Å². The van der Waals surface area contributed by atoms with Crippen LogP contribution in [0.2, 0.25) is 0 Å². The fourth-order valence-electron chi connectivity index (χ4n) is 1.98. The van der Waals surface area contributed by atoms with E-state index >= 15 is 0 Å². The highest BCUT2D eigenvalue weighted by atomic mass is 32.2. The Morgan fingerprint density at radius 3 is 2.39 bits per heavy atom. The van der Waals surface area contributed by atoms with Crippen LogP contribution < -0.4 is 5.32 Å². The van der Waals surface area contributed by atoms with Gasteiger partial charge in [0.1, 0.15) is 0 Å². The summed E-state index contributed by atoms with van der Waals surface area (Å²) in [6.07, 6.45) is 4.80. The predicted molar refractivity (Wildman–Crippen MR) is 84.2 cm³/mol. The number of carbonyl (C=O) groups excluding carboxylic acids is 1. The molecule has 122 valence electrons. The zero-order chi connectivity index (χ0) is 17.0. The number of rotatable bonds is 6. The number of hydrogen-bond acceptors (Lipinski definition) is 4. The van der Waals surface area contributed by atoms with Crippen molar-refractivity contribution in [3.8, 4) is 0 Å². The van der Waals surface area contributed by atoms with Crippen molar-refractivity contribution in [3.05, 3.63) is 48.3 Å². The van der Waals surface area contributed by atoms with Crippen molar-refractivity contribution in [1.82, 2.24) is 4.57 Å². The molecule has 2 aromatic rings. The average molecular weight is 336 g/mol. The Balaban J connectivity index is 2.16. The number of amides is 1. The smallest absolute Gasteiger partial charge is 0.335 e. The molecule has 2 rings (SSSR count). The first-order valence-electron chi connectivity index (χ1n) is 6.75. The van der Waals surface area contributed by atoms with Crippen LogP contribution >= 0.6 is 0 Å². The molecule has 1 amide bonds. The Labute approximate surface area is 133 Å². The van der Waals surface area contributed by atoms with E-state index < -0.39 is 15.8 Å². The van der Waals surface area contributed by atoms with Crippen LogP contribution in [0.5, 0.6) is 0 Å². The average Bonchev–Trinajstić information content (AvgIpc) is 2.97. The standard InChI is InChI=1S/C15H16N2O5S/c1-23(21,22)13-9-11(15(19)20)8-12(10-13)16-14(18)4-7-17-5-2-3-6-17/h2-3,5-6,8-10H,4,7H2,1H3,(H,16,18)(H,19,20). The Hall–Kier alpha value is -2.61. The number of carboxylic acid groups (broad SMARTS) is 1. The summed E-state index contributed by atoms with van der Waals surface area (Å²) in [6.45, 7) is 0.469. The Bertz CT molecular complexity index is 826. The van der Waals surface area contributed by atoms with Gasteiger partial charge < -0.3 is 15.0 Å². The Morgan fingerprint density at radius 1 is 1.17 bits per heavy atom. The number of anilines is 1. The predicted octanol–water partition coefficient (Wildman–Crippen LogP) is 1.62. The van der Waals surface area contributed by atoms with E-state index in [0.717, 1.165) is 12.3 Å². The highest BCUT2D eigenvalue weighted by Crippen LogP contribution is 2.19. The molecule has 2 N–H and O–H groups in total. The van der Waals surface area contributed by atoms with E-state index in [1.54, 1.807) is 0 Å². The first-order valence-corrected chi connectivity index (χ1v) is 8.64. The number of hydrogen-bond donors (Lipinski definition) is 2. The zero-order valence-corrected chi connectivity index (χ0v) is 13.2. The third-order valence-corrected chi connectivity index (χ3v) is 4.22. The summed E-state index contributed by atoms with van der Waals surface area (Å²) in [7, 11) is -3.58. The lowest BCUT2D eigenvalue weighted by Gasteiger charge is -2.09. The molecule has 0 aliphatic rings. The van der Waals surface area contributed by atoms with E-state index in [2.05, 4.69) is 5.32 Å². The third kappa shape index (κ3) is 4.68. The maximum atomic E-state index is 11.9. The van der Waals surface area contributed by atoms with E-state index in [1.807, 2.05) is 29.1 Å². The van der Waals surface area contributed by atoms with Gasteiger partial charge in [-0.25, -0.2) is 13.2 Å². The van der Waals surface area contributed by atoms with Crippen LogP contribution in [0.15, 0.2) is 47.6 Å². The maximum absolute atomic E-state index is 11.9. The molecule has 0 fully saturated rings. The van der Waals surface area contributed by atoms with Gasteiger partial charge in [0, 0.05) is 37.3 Å². The van der Waals surface area contributed by atoms with Gasteiger partial charge in [-0.3, -0.25) is 4.79 Å². The summed E-state index contributed by atoms with van der Waals surface area (Å²) in [5.74, 6) is -1.60. The molecule has 23 heavy (non-hydrogen) atoms. The van der Waals surface area contributed by atoms with Crippen LogP contribution in [0, 0.1) is 0 Å². The third-order valence-electron chi connectivity index (χ3n) is 3.13. The highest BCUT2D eigenvalue weighted by molar-refractivity contribution is 7.90. The number of sulfone groups is 1. The molecule has 1 aromatic heterocycles. The first-order chi connectivity index (χ1) is 10.8. The molecule has 8 heteroatoms. The van der Waals surface area contributed by atoms with Crippen LogP contribution in [0.1, 0.15) is 16.8 Å². The first kappa shape index (κ1) is 16.8. The summed E-state index contributed by atoms with van der Waals surface area (Å²) in [6, 6.07) is 7.21. The lowest BCUT2D eigenvalue weighted by Crippen LogP contribution is -2.15. The van der Waals surface area contributed by atoms with Crippen LogP contribution in [0.3, 0.4) is 0 Å². The van der Waals surface area contributed by atoms with Crippen molar-refractivity contribution in [2.24, 2.45) is 0 Å². The second kappa shape index (κ2) is 6.66. The highest BCUT2D eigenvalue weighted by Gasteiger charge is 2.14. The number of nitrogens with one attached hydrogen (secondary N) is 1. The fraction of sp³-hybridized carbons (Fsp3) is 0.200. The molecule has 0 spiro atoms. The summed E-state index contributed by atoms with van der Waals surface area (Å²) < 4.78 is 25.1. The molecule has 0 aliphatic carbocycles. The molecule has 0 saturated heterocycles. The molecule has 7 nitrogen and oxygen atoms in total. The Kier molecular flexibility index (Phi) is 4.85. The number of carboxylic acids is 1. The van der Waals surface area contributed by atoms with E-state index in [4.69, 9.17) is 5.11 Å². The summed E-state index contributed by atoms with van der Waals surface area (Å²) in [4.78, 5) is 22.9. The monoisotopic (exact) mass is 336 g/mol. The van der Waals surface area contributed by atoms with Gasteiger partial charge in [0.25, 0.3) is 0 Å². The number of nitrogens with zero attached hydrogens (tertiary/aromatic N) is 1. The minimum Gasteiger partial charge on any atom is -0.478 e. The second-order valence-corrected chi connectivity index (χ2v) is 7.06. The van der Waals surface area contributed by atoms with Crippen molar-refractivity contribution < 1.29 is 23.1 Å². The maximum Gasteiger partial charge on any atom is 0.335 e. The molecular formula is C15H16N2O5S. The van der Waals surface area contributed by atoms with Gasteiger partial charge in [-0.1, -0.05) is 0 Å². The van der Waals surface area contributed by atoms with Crippen molar-refractivity contribution >= 4 is 27.4 Å². The lowest BCUT2D eigenvalue weighted by atomic mass is 10.2. The van der Waals surface area contributed by atoms with Gasteiger partial charge in [0.15, 0.2) is 9.84 Å². The molecule has 0 unspecified atom stereocenters. The van der Waals surface area contributed by atoms with Crippen molar-refractivity contribution in [2.75, 3.05) is 11.6 Å². The molecule has 0 bridgehead atoms. The van der Waals surface area contributed by atoms with E-state index in [1.165, 1.54) is 12.1 Å². The van der Waals surface area contributed by atoms with Crippen molar-refractivity contribution in [2.45, 2.75) is 17.9 Å². The minimum absolute atomic E-state index is 0.142. The van der Waals surface area contributed by atoms with Crippen LogP contribution in [0.4, 0.5) is 5.69 Å². The SMILES string of the molecule is CS(=O)(=O)c1cc(NC(=O)CCn2cccc2)cc(C(=O)O)c1. The van der Waals surface area contributed by atoms with Gasteiger partial charge in [-0.15, -0.1) is 0 Å². The van der Waals surface area contributed by atoms with Crippen LogP contribution in [-0.4, -0.2) is 36.2 Å². The number of aromatic nitrogens is 1. The van der Waals surface area contributed by atoms with E-state index in [9.17, 15) is 18.0 Å². The Morgan fingerprint density at radius 2 is 1.83 bits per heavy atom. The van der Waals surface area contributed by atoms with Gasteiger partial charge in [-0.2, -0.15) is 0 Å². The molecule has 0 aliphatic heterocycles. The van der Waals surface area contributed by atoms with Gasteiger partial charge in [0.05, 0.1) is 10.5 Å². The molecular weight excluding hydrogens is 320 g/mol. The van der Waals surface area contributed by atoms with Gasteiger partial charge in [-0.05, 0) is 30.3 Å². The molecule has 0 radical (unpaired) electrons. The van der Waals surface area contributed by atoms with Gasteiger partial charge in [0.2, 0.25) is 5.91 Å². The van der Waals surface area contributed by atoms with Crippen molar-refractivity contribution in [1.29, 1.82) is 0 Å². The van der Waals surface area contributed by atoms with E-state index in [-0.39, 0.29) is 28.5 Å². The molecule has 0 atom stereocenters. The lowest BCUT2D eigenvalue weighted by molar-refractivity contribution is -0.116. The second-order valence-electron chi connectivity index (χ2n) is 5.04. The minimum atomic E-state index is -3.58. The van der Waals surface area contributed by atoms with Gasteiger partial charge >= 0.3 is 5.97 Å². The molecule has 1 aromatic carbocycles. The number of aromatic carboxylic acids is 1. The topological polar surface area (TPSA) is 105 Å². The molecule has 0 saturated carbocycles. The number of aryl methyl sites for hydroxylation is 1. The normalized spacial score (nSPS) is 11.2. The summed E-state index contributed by atoms with van der Waals surface area (Å²) in [5, 5.41) is 11.6. The summed E-state index contributed by atoms with van der Waals surface area (Å²) in [5.41, 5.74) is -0.0588. The van der Waals surface area contributed by atoms with Crippen LogP contribution in [0.25, 0.3) is 0 Å². The number of carbonyl (C=O) groups is 2. The summed E-state index contributed by atoms with van der Waals surface area (Å²) >= 11 is 0. The van der Waals surface area contributed by atoms with Crippen LogP contribution in [-0.2, 0) is 21.2 Å². The fourth-order valence-corrected chi connectivity index (χ4v) is 2.66. The number of benzene rings is 1. The largest absolute Gasteiger partial charge is 0.478 e. The zero-order valence-electron chi connectivity index (χ0n) is 12.4. The molecule has 1 heterocycles. The quantitative estimate of drug-likeness (QED) is 0.834.